The Morgan fingerprint density at radius 2 is 1.00 bits per heavy atom. The van der Waals surface area contributed by atoms with E-state index in [9.17, 15) is 19.2 Å². The van der Waals surface area contributed by atoms with Crippen molar-refractivity contribution in [3.05, 3.63) is 0 Å². The monoisotopic (exact) mass is 372 g/mol. The summed E-state index contributed by atoms with van der Waals surface area (Å²) in [5.74, 6) is -1.10. The Kier molecular flexibility index (Phi) is 11.3. The second-order valence-electron chi connectivity index (χ2n) is 6.15. The van der Waals surface area contributed by atoms with Crippen LogP contribution in [0.15, 0.2) is 0 Å². The summed E-state index contributed by atoms with van der Waals surface area (Å²) in [6.07, 6.45) is 1.25. The van der Waals surface area contributed by atoms with Gasteiger partial charge in [-0.3, -0.25) is 19.2 Å². The lowest BCUT2D eigenvalue weighted by atomic mass is 10.1. The van der Waals surface area contributed by atoms with Gasteiger partial charge in [-0.2, -0.15) is 0 Å². The number of hydrogen-bond acceptors (Lipinski definition) is 6. The molecule has 0 bridgehead atoms. The molecule has 150 valence electrons. The smallest absolute Gasteiger partial charge is 0.302 e. The van der Waals surface area contributed by atoms with Gasteiger partial charge < -0.3 is 19.3 Å². The lowest BCUT2D eigenvalue weighted by Crippen LogP contribution is -2.49. The Morgan fingerprint density at radius 3 is 1.19 bits per heavy atom. The zero-order valence-corrected chi connectivity index (χ0v) is 16.7. The van der Waals surface area contributed by atoms with Crippen molar-refractivity contribution >= 4 is 23.8 Å². The van der Waals surface area contributed by atoms with Gasteiger partial charge in [-0.25, -0.2) is 0 Å². The fraction of sp³-hybridized carbons (Fsp3) is 0.778. The van der Waals surface area contributed by atoms with Crippen LogP contribution in [0.5, 0.6) is 0 Å². The largest absolute Gasteiger partial charge is 0.464 e. The second-order valence-corrected chi connectivity index (χ2v) is 6.15. The molecule has 0 heterocycles. The molecule has 8 heteroatoms. The van der Waals surface area contributed by atoms with Gasteiger partial charge in [-0.15, -0.1) is 0 Å². The van der Waals surface area contributed by atoms with Crippen molar-refractivity contribution in [3.8, 4) is 0 Å². The van der Waals surface area contributed by atoms with E-state index in [1.54, 1.807) is 9.80 Å². The number of esters is 2. The minimum atomic E-state index is -0.398. The van der Waals surface area contributed by atoms with Crippen LogP contribution in [0, 0.1) is 0 Å². The molecular formula is C18H32N2O6. The molecule has 0 aliphatic rings. The van der Waals surface area contributed by atoms with E-state index >= 15 is 0 Å². The Hall–Kier alpha value is -2.12. The van der Waals surface area contributed by atoms with E-state index in [4.69, 9.17) is 9.47 Å². The molecule has 0 aromatic heterocycles. The third-order valence-corrected chi connectivity index (χ3v) is 4.17. The topological polar surface area (TPSA) is 93.2 Å². The van der Waals surface area contributed by atoms with Crippen LogP contribution in [0.1, 0.15) is 54.4 Å². The normalized spacial score (nSPS) is 12.7. The minimum absolute atomic E-state index is 0.121. The minimum Gasteiger partial charge on any atom is -0.464 e. The van der Waals surface area contributed by atoms with Gasteiger partial charge in [0.15, 0.2) is 0 Å². The van der Waals surface area contributed by atoms with Gasteiger partial charge in [0.2, 0.25) is 11.8 Å². The van der Waals surface area contributed by atoms with Gasteiger partial charge in [0.25, 0.3) is 0 Å². The SMILES string of the molecule is CC[C@@H](COC(C)=O)N(CCN(C(C)=O)[C@@H](CC)COC(C)=O)C(C)=O. The molecule has 0 spiro atoms. The average molecular weight is 372 g/mol. The third kappa shape index (κ3) is 8.82. The molecule has 0 aromatic carbocycles. The summed E-state index contributed by atoms with van der Waals surface area (Å²) in [4.78, 5) is 49.4. The third-order valence-electron chi connectivity index (χ3n) is 4.17. The highest BCUT2D eigenvalue weighted by atomic mass is 16.5. The number of rotatable bonds is 11. The van der Waals surface area contributed by atoms with E-state index in [0.717, 1.165) is 0 Å². The standard InChI is InChI=1S/C18H32N2O6/c1-7-17(11-25-15(5)23)19(13(3)21)9-10-20(14(4)22)18(8-2)12-26-16(6)24/h17-18H,7-12H2,1-6H3/t17-,18-/m0/s1. The molecule has 0 saturated heterocycles. The van der Waals surface area contributed by atoms with Crippen molar-refractivity contribution in [1.29, 1.82) is 0 Å². The maximum absolute atomic E-state index is 12.0. The molecule has 8 nitrogen and oxygen atoms in total. The molecule has 0 aromatic rings. The van der Waals surface area contributed by atoms with Gasteiger partial charge in [0.05, 0.1) is 12.1 Å². The average Bonchev–Trinajstić information content (AvgIpc) is 2.54. The Morgan fingerprint density at radius 1 is 0.692 bits per heavy atom. The van der Waals surface area contributed by atoms with Crippen LogP contribution in [-0.4, -0.2) is 71.9 Å². The molecule has 2 atom stereocenters. The first-order valence-electron chi connectivity index (χ1n) is 8.95. The molecule has 0 unspecified atom stereocenters. The van der Waals surface area contributed by atoms with E-state index in [1.807, 2.05) is 13.8 Å². The van der Waals surface area contributed by atoms with Crippen molar-refractivity contribution in [2.75, 3.05) is 26.3 Å². The molecule has 2 amide bonds. The molecule has 0 N–H and O–H groups in total. The van der Waals surface area contributed by atoms with Crippen molar-refractivity contribution in [2.45, 2.75) is 66.5 Å². The predicted molar refractivity (Wildman–Crippen MR) is 96.2 cm³/mol. The van der Waals surface area contributed by atoms with Gasteiger partial charge in [-0.1, -0.05) is 13.8 Å². The second kappa shape index (κ2) is 12.3. The highest BCUT2D eigenvalue weighted by Gasteiger charge is 2.25. The van der Waals surface area contributed by atoms with Gasteiger partial charge in [-0.05, 0) is 12.8 Å². The summed E-state index contributed by atoms with van der Waals surface area (Å²) >= 11 is 0. The molecule has 26 heavy (non-hydrogen) atoms. The Labute approximate surface area is 155 Å². The maximum Gasteiger partial charge on any atom is 0.302 e. The van der Waals surface area contributed by atoms with Crippen LogP contribution in [0.3, 0.4) is 0 Å². The summed E-state index contributed by atoms with van der Waals surface area (Å²) in [6.45, 7) is 10.2. The van der Waals surface area contributed by atoms with Crippen molar-refractivity contribution in [3.63, 3.8) is 0 Å². The quantitative estimate of drug-likeness (QED) is 0.509. The summed E-state index contributed by atoms with van der Waals surface area (Å²) < 4.78 is 10.1. The number of hydrogen-bond donors (Lipinski definition) is 0. The summed E-state index contributed by atoms with van der Waals surface area (Å²) in [5, 5.41) is 0. The van der Waals surface area contributed by atoms with Crippen molar-refractivity contribution in [2.24, 2.45) is 0 Å². The molecule has 0 rings (SSSR count). The first kappa shape index (κ1) is 23.9. The number of carbonyl (C=O) groups excluding carboxylic acids is 4. The van der Waals surface area contributed by atoms with Gasteiger partial charge in [0, 0.05) is 40.8 Å². The summed E-state index contributed by atoms with van der Waals surface area (Å²) in [6, 6.07) is -0.502. The fourth-order valence-corrected chi connectivity index (χ4v) is 2.69. The molecule has 0 saturated carbocycles. The Bertz CT molecular complexity index is 450. The van der Waals surface area contributed by atoms with E-state index in [1.165, 1.54) is 27.7 Å². The van der Waals surface area contributed by atoms with Crippen LogP contribution in [0.4, 0.5) is 0 Å². The number of ether oxygens (including phenoxy) is 2. The first-order chi connectivity index (χ1) is 12.1. The van der Waals surface area contributed by atoms with Gasteiger partial charge >= 0.3 is 11.9 Å². The number of nitrogens with zero attached hydrogens (tertiary/aromatic N) is 2. The molecule has 0 fully saturated rings. The summed E-state index contributed by atoms with van der Waals surface area (Å²) in [7, 11) is 0. The van der Waals surface area contributed by atoms with Crippen LogP contribution < -0.4 is 0 Å². The first-order valence-corrected chi connectivity index (χ1v) is 8.95. The van der Waals surface area contributed by atoms with Crippen molar-refractivity contribution in [1.82, 2.24) is 9.80 Å². The molecule has 0 radical (unpaired) electrons. The predicted octanol–water partition coefficient (Wildman–Crippen LogP) is 1.37. The fourth-order valence-electron chi connectivity index (χ4n) is 2.69. The lowest BCUT2D eigenvalue weighted by molar-refractivity contribution is -0.148. The Balaban J connectivity index is 5.06. The summed E-state index contributed by atoms with van der Waals surface area (Å²) in [5.41, 5.74) is 0. The number of carbonyl (C=O) groups is 4. The van der Waals surface area contributed by atoms with Crippen LogP contribution >= 0.6 is 0 Å². The van der Waals surface area contributed by atoms with E-state index in [-0.39, 0.29) is 37.1 Å². The highest BCUT2D eigenvalue weighted by Crippen LogP contribution is 2.10. The van der Waals surface area contributed by atoms with Crippen LogP contribution in [-0.2, 0) is 28.7 Å². The van der Waals surface area contributed by atoms with E-state index < -0.39 is 11.9 Å². The molecule has 0 aliphatic carbocycles. The zero-order valence-electron chi connectivity index (χ0n) is 16.7. The van der Waals surface area contributed by atoms with Gasteiger partial charge in [0.1, 0.15) is 13.2 Å². The van der Waals surface area contributed by atoms with E-state index in [0.29, 0.717) is 25.9 Å². The number of amides is 2. The lowest BCUT2D eigenvalue weighted by Gasteiger charge is -2.35. The van der Waals surface area contributed by atoms with E-state index in [2.05, 4.69) is 0 Å². The highest BCUT2D eigenvalue weighted by molar-refractivity contribution is 5.75. The molecule has 0 aliphatic heterocycles. The maximum atomic E-state index is 12.0. The van der Waals surface area contributed by atoms with Crippen LogP contribution in [0.25, 0.3) is 0 Å². The van der Waals surface area contributed by atoms with Crippen LogP contribution in [0.2, 0.25) is 0 Å². The van der Waals surface area contributed by atoms with Crippen molar-refractivity contribution < 1.29 is 28.7 Å². The molecular weight excluding hydrogens is 340 g/mol. The zero-order chi connectivity index (χ0) is 20.3.